The van der Waals surface area contributed by atoms with E-state index >= 15 is 0 Å². The number of fused-ring (bicyclic) bond motifs is 2. The highest BCUT2D eigenvalue weighted by Crippen LogP contribution is 2.32. The predicted molar refractivity (Wildman–Crippen MR) is 204 cm³/mol. The number of rotatable bonds is 14. The second-order valence-corrected chi connectivity index (χ2v) is 14.8. The Bertz CT molecular complexity index is 1910. The van der Waals surface area contributed by atoms with Crippen LogP contribution < -0.4 is 21.3 Å². The molecule has 4 aliphatic rings. The number of aliphatic hydroxyl groups excluding tert-OH is 1. The molecule has 0 radical (unpaired) electrons. The van der Waals surface area contributed by atoms with Crippen molar-refractivity contribution in [3.63, 3.8) is 0 Å². The van der Waals surface area contributed by atoms with Gasteiger partial charge in [-0.05, 0) is 61.8 Å². The number of nitrogens with zero attached hydrogens (tertiary/aromatic N) is 5. The van der Waals surface area contributed by atoms with Gasteiger partial charge in [0.25, 0.3) is 11.8 Å². The van der Waals surface area contributed by atoms with E-state index in [0.29, 0.717) is 56.9 Å². The lowest BCUT2D eigenvalue weighted by molar-refractivity contribution is -0.137. The van der Waals surface area contributed by atoms with E-state index in [0.717, 1.165) is 56.4 Å². The summed E-state index contributed by atoms with van der Waals surface area (Å²) in [5, 5.41) is 22.6. The molecule has 0 spiro atoms. The second kappa shape index (κ2) is 17.4. The number of unbranched alkanes of at least 4 members (excludes halogenated alkanes) is 1. The van der Waals surface area contributed by atoms with Crippen LogP contribution >= 0.6 is 0 Å². The minimum Gasteiger partial charge on any atom is -0.390 e. The van der Waals surface area contributed by atoms with E-state index in [1.54, 1.807) is 17.0 Å². The Hall–Kier alpha value is -5.41. The number of piperidine rings is 2. The van der Waals surface area contributed by atoms with Crippen LogP contribution in [0.15, 0.2) is 54.9 Å². The van der Waals surface area contributed by atoms with E-state index < -0.39 is 18.1 Å². The van der Waals surface area contributed by atoms with Crippen molar-refractivity contribution < 1.29 is 29.1 Å². The van der Waals surface area contributed by atoms with Crippen LogP contribution in [0.1, 0.15) is 82.5 Å². The molecule has 55 heavy (non-hydrogen) atoms. The number of likely N-dealkylation sites (tertiary alicyclic amines) is 1. The first-order valence-electron chi connectivity index (χ1n) is 19.3. The van der Waals surface area contributed by atoms with Crippen molar-refractivity contribution in [2.24, 2.45) is 0 Å². The SMILES string of the molecule is O=C1CCC(N2Cc3c(NCCCCC(=O)N4CCC(Nc5cc(C(=O)NC[C@H](O)CN6CCc7ccccc7C6)ncn5)CC4)cccc3C2=O)C(=O)N1. The van der Waals surface area contributed by atoms with E-state index in [1.165, 1.54) is 17.5 Å². The van der Waals surface area contributed by atoms with Crippen LogP contribution in [0.2, 0.25) is 0 Å². The van der Waals surface area contributed by atoms with Gasteiger partial charge in [-0.3, -0.25) is 34.2 Å². The number of imide groups is 1. The number of β-amino-alcohol motifs (C(OH)–C–C–N with tert-alkyl or cyclic N) is 1. The topological polar surface area (TPSA) is 189 Å². The highest BCUT2D eigenvalue weighted by atomic mass is 16.3. The van der Waals surface area contributed by atoms with Crippen LogP contribution in [0.4, 0.5) is 11.5 Å². The van der Waals surface area contributed by atoms with Crippen molar-refractivity contribution in [2.45, 2.75) is 82.6 Å². The fourth-order valence-electron chi connectivity index (χ4n) is 7.95. The smallest absolute Gasteiger partial charge is 0.270 e. The summed E-state index contributed by atoms with van der Waals surface area (Å²) in [4.78, 5) is 77.1. The number of anilines is 2. The summed E-state index contributed by atoms with van der Waals surface area (Å²) in [7, 11) is 0. The fourth-order valence-corrected chi connectivity index (χ4v) is 7.95. The van der Waals surface area contributed by atoms with Crippen molar-refractivity contribution in [2.75, 3.05) is 49.9 Å². The summed E-state index contributed by atoms with van der Waals surface area (Å²) >= 11 is 0. The van der Waals surface area contributed by atoms with Gasteiger partial charge in [0, 0.05) is 94.1 Å². The van der Waals surface area contributed by atoms with Gasteiger partial charge in [-0.1, -0.05) is 30.3 Å². The molecule has 290 valence electrons. The van der Waals surface area contributed by atoms with Gasteiger partial charge in [0.1, 0.15) is 23.9 Å². The fraction of sp³-hybridized carbons (Fsp3) is 0.475. The van der Waals surface area contributed by atoms with Gasteiger partial charge in [-0.25, -0.2) is 9.97 Å². The van der Waals surface area contributed by atoms with Crippen LogP contribution in [-0.2, 0) is 33.9 Å². The quantitative estimate of drug-likeness (QED) is 0.120. The molecule has 2 saturated heterocycles. The number of aromatic nitrogens is 2. The third-order valence-corrected chi connectivity index (χ3v) is 11.0. The van der Waals surface area contributed by atoms with Crippen LogP contribution in [0.3, 0.4) is 0 Å². The molecule has 3 aromatic rings. The van der Waals surface area contributed by atoms with Gasteiger partial charge in [0.2, 0.25) is 17.7 Å². The zero-order valence-electron chi connectivity index (χ0n) is 31.0. The van der Waals surface area contributed by atoms with E-state index in [1.807, 2.05) is 23.1 Å². The lowest BCUT2D eigenvalue weighted by atomic mass is 10.00. The number of hydrogen-bond donors (Lipinski definition) is 5. The first kappa shape index (κ1) is 37.9. The molecule has 0 saturated carbocycles. The second-order valence-electron chi connectivity index (χ2n) is 14.8. The molecule has 15 nitrogen and oxygen atoms in total. The van der Waals surface area contributed by atoms with Crippen LogP contribution in [-0.4, -0.2) is 117 Å². The molecule has 1 aromatic heterocycles. The van der Waals surface area contributed by atoms with Gasteiger partial charge >= 0.3 is 0 Å². The molecule has 7 rings (SSSR count). The summed E-state index contributed by atoms with van der Waals surface area (Å²) in [6, 6.07) is 14.9. The zero-order chi connectivity index (χ0) is 38.3. The molecule has 4 aliphatic heterocycles. The maximum atomic E-state index is 13.1. The summed E-state index contributed by atoms with van der Waals surface area (Å²) in [5.74, 6) is -0.648. The lowest BCUT2D eigenvalue weighted by Gasteiger charge is -2.32. The number of benzene rings is 2. The highest BCUT2D eigenvalue weighted by molar-refractivity contribution is 6.06. The first-order valence-corrected chi connectivity index (χ1v) is 19.3. The van der Waals surface area contributed by atoms with Gasteiger partial charge in [-0.15, -0.1) is 0 Å². The van der Waals surface area contributed by atoms with Crippen LogP contribution in [0.5, 0.6) is 0 Å². The number of carbonyl (C=O) groups is 5. The monoisotopic (exact) mass is 751 g/mol. The number of hydrogen-bond acceptors (Lipinski definition) is 11. The average molecular weight is 752 g/mol. The Morgan fingerprint density at radius 1 is 0.927 bits per heavy atom. The van der Waals surface area contributed by atoms with Gasteiger partial charge in [-0.2, -0.15) is 0 Å². The highest BCUT2D eigenvalue weighted by Gasteiger charge is 2.40. The van der Waals surface area contributed by atoms with Gasteiger partial charge in [0.05, 0.1) is 6.10 Å². The Kier molecular flexibility index (Phi) is 12.0. The van der Waals surface area contributed by atoms with Crippen molar-refractivity contribution in [3.8, 4) is 0 Å². The summed E-state index contributed by atoms with van der Waals surface area (Å²) in [6.45, 7) is 4.44. The number of nitrogens with one attached hydrogen (secondary N) is 4. The van der Waals surface area contributed by atoms with Gasteiger partial charge < -0.3 is 30.9 Å². The molecule has 2 fully saturated rings. The zero-order valence-corrected chi connectivity index (χ0v) is 31.0. The number of amides is 5. The molecule has 5 N–H and O–H groups in total. The van der Waals surface area contributed by atoms with Crippen molar-refractivity contribution in [3.05, 3.63) is 82.8 Å². The Labute approximate surface area is 320 Å². The molecule has 1 unspecified atom stereocenters. The maximum absolute atomic E-state index is 13.1. The normalized spacial score (nSPS) is 19.4. The minimum absolute atomic E-state index is 0.0981. The largest absolute Gasteiger partial charge is 0.390 e. The third-order valence-electron chi connectivity index (χ3n) is 11.0. The molecular weight excluding hydrogens is 702 g/mol. The standard InChI is InChI=1S/C40H49N9O6/c50-29(23-47-17-13-26-6-1-2-7-27(26)22-47)21-42-38(53)33-20-35(44-25-43-33)45-28-14-18-48(19-15-28)37(52)10-3-4-16-41-32-9-5-8-30-31(32)24-49(40(30)55)34-11-12-36(51)46-39(34)54/h1-2,5-9,20,25,28-29,34,41,50H,3-4,10-19,21-24H2,(H,42,53)(H,43,44,45)(H,46,51,54)/t29-,34?/m0/s1. The van der Waals surface area contributed by atoms with Gasteiger partial charge in [0.15, 0.2) is 0 Å². The molecule has 15 heteroatoms. The average Bonchev–Trinajstić information content (AvgIpc) is 3.53. The van der Waals surface area contributed by atoms with Crippen molar-refractivity contribution in [1.29, 1.82) is 0 Å². The first-order chi connectivity index (χ1) is 26.7. The van der Waals surface area contributed by atoms with Crippen molar-refractivity contribution in [1.82, 2.24) is 35.3 Å². The molecule has 0 aliphatic carbocycles. The van der Waals surface area contributed by atoms with Crippen LogP contribution in [0.25, 0.3) is 0 Å². The Balaban J connectivity index is 0.787. The molecule has 5 heterocycles. The molecule has 5 amide bonds. The lowest BCUT2D eigenvalue weighted by Crippen LogP contribution is -2.52. The van der Waals surface area contributed by atoms with E-state index in [-0.39, 0.29) is 48.3 Å². The van der Waals surface area contributed by atoms with Crippen LogP contribution in [0, 0.1) is 0 Å². The molecule has 2 aromatic carbocycles. The Morgan fingerprint density at radius 3 is 2.56 bits per heavy atom. The number of aliphatic hydroxyl groups is 1. The molecule has 0 bridgehead atoms. The van der Waals surface area contributed by atoms with E-state index in [4.69, 9.17) is 0 Å². The third kappa shape index (κ3) is 9.28. The minimum atomic E-state index is -0.706. The molecular formula is C40H49N9O6. The molecule has 2 atom stereocenters. The Morgan fingerprint density at radius 2 is 1.75 bits per heavy atom. The summed E-state index contributed by atoms with van der Waals surface area (Å²) < 4.78 is 0. The van der Waals surface area contributed by atoms with Crippen molar-refractivity contribution >= 4 is 41.0 Å². The summed E-state index contributed by atoms with van der Waals surface area (Å²) in [6.07, 6.45) is 5.56. The maximum Gasteiger partial charge on any atom is 0.270 e. The van der Waals surface area contributed by atoms with E-state index in [2.05, 4.69) is 54.3 Å². The summed E-state index contributed by atoms with van der Waals surface area (Å²) in [5.41, 5.74) is 5.10. The van der Waals surface area contributed by atoms with E-state index in [9.17, 15) is 29.1 Å². The number of carbonyl (C=O) groups excluding carboxylic acids is 5. The predicted octanol–water partition coefficient (Wildman–Crippen LogP) is 2.07.